The number of allylic oxidation sites excluding steroid dienone is 1. The van der Waals surface area contributed by atoms with Crippen LogP contribution in [0.25, 0.3) is 0 Å². The van der Waals surface area contributed by atoms with Gasteiger partial charge in [-0.3, -0.25) is 0 Å². The number of nitrogens with zero attached hydrogens (tertiary/aromatic N) is 4. The van der Waals surface area contributed by atoms with Gasteiger partial charge in [0.05, 0.1) is 35.9 Å². The van der Waals surface area contributed by atoms with Crippen LogP contribution in [-0.2, 0) is 14.9 Å². The molecule has 0 saturated carbocycles. The molecule has 0 spiro atoms. The van der Waals surface area contributed by atoms with E-state index >= 15 is 0 Å². The molecular weight excluding hydrogens is 498 g/mol. The summed E-state index contributed by atoms with van der Waals surface area (Å²) < 4.78 is 32.9. The quantitative estimate of drug-likeness (QED) is 0.323. The molecule has 0 aromatic heterocycles. The zero-order chi connectivity index (χ0) is 28.0. The van der Waals surface area contributed by atoms with E-state index in [1.165, 1.54) is 13.2 Å². The smallest absolute Gasteiger partial charge is 0.338 e. The van der Waals surface area contributed by atoms with Gasteiger partial charge in [-0.2, -0.15) is 5.26 Å². The minimum Gasteiger partial charge on any atom is -0.466 e. The summed E-state index contributed by atoms with van der Waals surface area (Å²) in [5, 5.41) is 9.92. The van der Waals surface area contributed by atoms with E-state index in [9.17, 15) is 18.8 Å². The average molecular weight is 533 g/mol. The molecule has 2 aromatic rings. The third-order valence-corrected chi connectivity index (χ3v) is 7.72. The number of hydrogen-bond acceptors (Lipinski definition) is 6. The number of likely N-dealkylation sites (tertiary alicyclic amines) is 1. The van der Waals surface area contributed by atoms with Gasteiger partial charge in [0.1, 0.15) is 5.84 Å². The van der Waals surface area contributed by atoms with Gasteiger partial charge in [-0.05, 0) is 69.5 Å². The summed E-state index contributed by atoms with van der Waals surface area (Å²) in [7, 11) is 1.29. The van der Waals surface area contributed by atoms with Crippen LogP contribution in [0.1, 0.15) is 50.3 Å². The SMILES string of the molecule is COC(=O)C1=C(C)N=C(C)N(C/C=C\CCN2CCC(C#N)(c3ccccc3)CC2)C1c1ccc(F)c(F)c1. The van der Waals surface area contributed by atoms with Crippen molar-refractivity contribution in [3.8, 4) is 6.07 Å². The number of carbonyl (C=O) groups is 1. The summed E-state index contributed by atoms with van der Waals surface area (Å²) in [5.74, 6) is -1.80. The molecule has 2 aromatic carbocycles. The molecule has 0 amide bonds. The van der Waals surface area contributed by atoms with Gasteiger partial charge in [-0.25, -0.2) is 18.6 Å². The van der Waals surface area contributed by atoms with E-state index in [0.717, 1.165) is 56.6 Å². The molecule has 2 aliphatic rings. The lowest BCUT2D eigenvalue weighted by Gasteiger charge is -2.37. The number of amidine groups is 1. The summed E-state index contributed by atoms with van der Waals surface area (Å²) in [6, 6.07) is 15.6. The second-order valence-electron chi connectivity index (χ2n) is 10.0. The first kappa shape index (κ1) is 28.2. The van der Waals surface area contributed by atoms with Gasteiger partial charge in [0.15, 0.2) is 11.6 Å². The predicted octanol–water partition coefficient (Wildman–Crippen LogP) is 5.69. The van der Waals surface area contributed by atoms with Crippen LogP contribution in [0.15, 0.2) is 76.9 Å². The number of ether oxygens (including phenoxy) is 1. The molecule has 2 aliphatic heterocycles. The van der Waals surface area contributed by atoms with Crippen LogP contribution in [0.4, 0.5) is 8.78 Å². The zero-order valence-electron chi connectivity index (χ0n) is 22.7. The fraction of sp³-hybridized carbons (Fsp3) is 0.387. The highest BCUT2D eigenvalue weighted by atomic mass is 19.2. The number of halogens is 2. The van der Waals surface area contributed by atoms with Gasteiger partial charge in [-0.15, -0.1) is 0 Å². The predicted molar refractivity (Wildman–Crippen MR) is 147 cm³/mol. The lowest BCUT2D eigenvalue weighted by Crippen LogP contribution is -2.42. The largest absolute Gasteiger partial charge is 0.466 e. The molecule has 6 nitrogen and oxygen atoms in total. The Morgan fingerprint density at radius 1 is 1.13 bits per heavy atom. The molecule has 0 N–H and O–H groups in total. The van der Waals surface area contributed by atoms with Crippen LogP contribution in [0.2, 0.25) is 0 Å². The van der Waals surface area contributed by atoms with Crippen LogP contribution in [0.3, 0.4) is 0 Å². The Bertz CT molecular complexity index is 1320. The molecule has 1 unspecified atom stereocenters. The minimum absolute atomic E-state index is 0.301. The summed E-state index contributed by atoms with van der Waals surface area (Å²) in [5.41, 5.74) is 1.91. The molecule has 1 atom stereocenters. The maximum Gasteiger partial charge on any atom is 0.338 e. The zero-order valence-corrected chi connectivity index (χ0v) is 22.7. The Morgan fingerprint density at radius 3 is 2.49 bits per heavy atom. The lowest BCUT2D eigenvalue weighted by molar-refractivity contribution is -0.136. The van der Waals surface area contributed by atoms with Crippen LogP contribution in [0, 0.1) is 23.0 Å². The topological polar surface area (TPSA) is 68.9 Å². The summed E-state index contributed by atoms with van der Waals surface area (Å²) in [6.07, 6.45) is 6.53. The Kier molecular flexibility index (Phi) is 8.93. The lowest BCUT2D eigenvalue weighted by atomic mass is 9.74. The Balaban J connectivity index is 1.40. The van der Waals surface area contributed by atoms with Gasteiger partial charge >= 0.3 is 5.97 Å². The summed E-state index contributed by atoms with van der Waals surface area (Å²) in [4.78, 5) is 21.5. The molecular formula is C31H34F2N4O2. The van der Waals surface area contributed by atoms with Gasteiger partial charge < -0.3 is 14.5 Å². The molecule has 4 rings (SSSR count). The average Bonchev–Trinajstić information content (AvgIpc) is 2.95. The van der Waals surface area contributed by atoms with E-state index in [1.807, 2.05) is 48.2 Å². The fourth-order valence-corrected chi connectivity index (χ4v) is 5.49. The summed E-state index contributed by atoms with van der Waals surface area (Å²) in [6.45, 7) is 6.57. The van der Waals surface area contributed by atoms with Crippen molar-refractivity contribution in [1.82, 2.24) is 9.80 Å². The molecule has 1 fully saturated rings. The number of carbonyl (C=O) groups excluding carboxylic acids is 1. The number of rotatable bonds is 8. The van der Waals surface area contributed by atoms with E-state index in [2.05, 4.69) is 22.0 Å². The van der Waals surface area contributed by atoms with E-state index in [0.29, 0.717) is 29.2 Å². The summed E-state index contributed by atoms with van der Waals surface area (Å²) >= 11 is 0. The number of aliphatic imine (C=N–C) groups is 1. The highest BCUT2D eigenvalue weighted by Gasteiger charge is 2.37. The van der Waals surface area contributed by atoms with Gasteiger partial charge in [0.2, 0.25) is 0 Å². The van der Waals surface area contributed by atoms with E-state index in [1.54, 1.807) is 6.92 Å². The normalized spacial score (nSPS) is 19.6. The van der Waals surface area contributed by atoms with Crippen LogP contribution in [-0.4, -0.2) is 54.9 Å². The maximum absolute atomic E-state index is 14.2. The van der Waals surface area contributed by atoms with Crippen LogP contribution >= 0.6 is 0 Å². The second-order valence-corrected chi connectivity index (χ2v) is 10.0. The highest BCUT2D eigenvalue weighted by molar-refractivity contribution is 5.95. The van der Waals surface area contributed by atoms with Crippen molar-refractivity contribution in [2.75, 3.05) is 33.3 Å². The van der Waals surface area contributed by atoms with Crippen LogP contribution < -0.4 is 0 Å². The van der Waals surface area contributed by atoms with Crippen LogP contribution in [0.5, 0.6) is 0 Å². The van der Waals surface area contributed by atoms with Crippen molar-refractivity contribution in [1.29, 1.82) is 5.26 Å². The first-order valence-electron chi connectivity index (χ1n) is 13.2. The Labute approximate surface area is 228 Å². The van der Waals surface area contributed by atoms with Crippen molar-refractivity contribution >= 4 is 11.8 Å². The molecule has 204 valence electrons. The Morgan fingerprint density at radius 2 is 1.85 bits per heavy atom. The number of benzene rings is 2. The highest BCUT2D eigenvalue weighted by Crippen LogP contribution is 2.37. The Hall–Kier alpha value is -3.83. The van der Waals surface area contributed by atoms with E-state index in [4.69, 9.17) is 4.74 Å². The van der Waals surface area contributed by atoms with Gasteiger partial charge in [0, 0.05) is 13.1 Å². The number of piperidine rings is 1. The van der Waals surface area contributed by atoms with Crippen molar-refractivity contribution in [3.05, 3.63) is 94.7 Å². The first-order valence-corrected chi connectivity index (χ1v) is 13.2. The molecule has 8 heteroatoms. The molecule has 39 heavy (non-hydrogen) atoms. The second kappa shape index (κ2) is 12.4. The number of hydrogen-bond donors (Lipinski definition) is 0. The monoisotopic (exact) mass is 532 g/mol. The van der Waals surface area contributed by atoms with Gasteiger partial charge in [0.25, 0.3) is 0 Å². The molecule has 0 aliphatic carbocycles. The molecule has 2 heterocycles. The van der Waals surface area contributed by atoms with Gasteiger partial charge in [-0.1, -0.05) is 48.6 Å². The number of nitriles is 1. The minimum atomic E-state index is -0.973. The maximum atomic E-state index is 14.2. The number of methoxy groups -OCH3 is 1. The van der Waals surface area contributed by atoms with Crippen molar-refractivity contribution in [3.63, 3.8) is 0 Å². The third-order valence-electron chi connectivity index (χ3n) is 7.72. The fourth-order valence-electron chi connectivity index (χ4n) is 5.49. The van der Waals surface area contributed by atoms with Crippen molar-refractivity contribution < 1.29 is 18.3 Å². The third kappa shape index (κ3) is 6.10. The number of esters is 1. The van der Waals surface area contributed by atoms with Crippen molar-refractivity contribution in [2.24, 2.45) is 4.99 Å². The first-order chi connectivity index (χ1) is 18.8. The standard InChI is InChI=1S/C31H34F2N4O2/c1-22-28(30(38)39-3)29(24-12-13-26(32)27(33)20-24)37(23(2)35-22)17-9-5-8-16-36-18-14-31(21-34,15-19-36)25-10-6-4-7-11-25/h4-7,9-13,20,29H,8,14-19H2,1-3H3/b9-5-. The van der Waals surface area contributed by atoms with Crippen molar-refractivity contribution in [2.45, 2.75) is 44.6 Å². The molecule has 1 saturated heterocycles. The molecule has 0 bridgehead atoms. The van der Waals surface area contributed by atoms with E-state index in [-0.39, 0.29) is 0 Å². The molecule has 0 radical (unpaired) electrons. The van der Waals surface area contributed by atoms with E-state index < -0.39 is 29.1 Å².